The third-order valence-corrected chi connectivity index (χ3v) is 2.89. The molecule has 0 atom stereocenters. The van der Waals surface area contributed by atoms with Crippen LogP contribution in [0.15, 0.2) is 66.9 Å². The van der Waals surface area contributed by atoms with Crippen LogP contribution in [-0.4, -0.2) is 19.1 Å². The molecule has 0 amide bonds. The molecule has 0 spiro atoms. The van der Waals surface area contributed by atoms with Crippen LogP contribution in [0.25, 0.3) is 6.08 Å². The lowest BCUT2D eigenvalue weighted by Gasteiger charge is -2.28. The minimum absolute atomic E-state index is 1.16. The van der Waals surface area contributed by atoms with Crippen molar-refractivity contribution < 1.29 is 0 Å². The van der Waals surface area contributed by atoms with Crippen LogP contribution in [0.5, 0.6) is 0 Å². The first-order chi connectivity index (χ1) is 8.77. The van der Waals surface area contributed by atoms with Gasteiger partial charge in [-0.15, -0.1) is 0 Å². The zero-order valence-corrected chi connectivity index (χ0v) is 10.8. The van der Waals surface area contributed by atoms with E-state index in [1.807, 2.05) is 50.5 Å². The first kappa shape index (κ1) is 12.2. The van der Waals surface area contributed by atoms with Crippen molar-refractivity contribution in [3.05, 3.63) is 72.4 Å². The lowest BCUT2D eigenvalue weighted by molar-refractivity contribution is 0.447. The van der Waals surface area contributed by atoms with Gasteiger partial charge in [0.25, 0.3) is 0 Å². The average Bonchev–Trinajstić information content (AvgIpc) is 2.46. The first-order valence-corrected chi connectivity index (χ1v) is 6.02. The largest absolute Gasteiger partial charge is 0.296 e. The molecule has 0 radical (unpaired) electrons. The molecule has 0 aromatic heterocycles. The van der Waals surface area contributed by atoms with Gasteiger partial charge < -0.3 is 0 Å². The molecule has 2 heteroatoms. The van der Waals surface area contributed by atoms with Gasteiger partial charge in [0.05, 0.1) is 5.69 Å². The van der Waals surface area contributed by atoms with E-state index in [2.05, 4.69) is 46.6 Å². The maximum absolute atomic E-state index is 2.10. The van der Waals surface area contributed by atoms with Crippen molar-refractivity contribution in [3.8, 4) is 0 Å². The predicted molar refractivity (Wildman–Crippen MR) is 78.1 cm³/mol. The van der Waals surface area contributed by atoms with E-state index in [1.165, 1.54) is 5.56 Å². The molecule has 0 aliphatic carbocycles. The molecule has 0 aliphatic rings. The summed E-state index contributed by atoms with van der Waals surface area (Å²) >= 11 is 0. The Morgan fingerprint density at radius 2 is 1.33 bits per heavy atom. The number of para-hydroxylation sites is 1. The van der Waals surface area contributed by atoms with Crippen molar-refractivity contribution in [2.24, 2.45) is 0 Å². The number of anilines is 1. The summed E-state index contributed by atoms with van der Waals surface area (Å²) in [5, 5.41) is 4.15. The number of hydrogen-bond acceptors (Lipinski definition) is 2. The second kappa shape index (κ2) is 5.92. The summed E-state index contributed by atoms with van der Waals surface area (Å²) in [6.45, 7) is 0. The van der Waals surface area contributed by atoms with Crippen LogP contribution in [0.2, 0.25) is 0 Å². The molecular weight excluding hydrogens is 220 g/mol. The van der Waals surface area contributed by atoms with Crippen LogP contribution >= 0.6 is 0 Å². The Kier molecular flexibility index (Phi) is 4.02. The summed E-state index contributed by atoms with van der Waals surface area (Å²) in [7, 11) is 4.08. The van der Waals surface area contributed by atoms with Gasteiger partial charge in [-0.2, -0.15) is 0 Å². The summed E-state index contributed by atoms with van der Waals surface area (Å²) < 4.78 is 0. The maximum atomic E-state index is 2.10. The van der Waals surface area contributed by atoms with Crippen LogP contribution in [0, 0.1) is 0 Å². The fraction of sp³-hybridized carbons (Fsp3) is 0.125. The molecule has 0 N–H and O–H groups in total. The molecule has 0 unspecified atom stereocenters. The van der Waals surface area contributed by atoms with E-state index in [-0.39, 0.29) is 0 Å². The van der Waals surface area contributed by atoms with Crippen molar-refractivity contribution in [1.82, 2.24) is 5.01 Å². The normalized spacial score (nSPS) is 10.6. The van der Waals surface area contributed by atoms with Crippen molar-refractivity contribution in [3.63, 3.8) is 0 Å². The average molecular weight is 238 g/mol. The molecule has 0 bridgehead atoms. The molecular formula is C16H18N2. The monoisotopic (exact) mass is 238 g/mol. The van der Waals surface area contributed by atoms with Crippen molar-refractivity contribution in [2.45, 2.75) is 0 Å². The second-order valence-corrected chi connectivity index (χ2v) is 4.16. The van der Waals surface area contributed by atoms with Gasteiger partial charge in [-0.05, 0) is 23.8 Å². The fourth-order valence-corrected chi connectivity index (χ4v) is 1.68. The molecule has 2 nitrogen and oxygen atoms in total. The fourth-order valence-electron chi connectivity index (χ4n) is 1.68. The van der Waals surface area contributed by atoms with Crippen LogP contribution < -0.4 is 5.01 Å². The molecule has 2 aromatic rings. The second-order valence-electron chi connectivity index (χ2n) is 4.16. The van der Waals surface area contributed by atoms with E-state index in [1.54, 1.807) is 0 Å². The topological polar surface area (TPSA) is 6.48 Å². The summed E-state index contributed by atoms with van der Waals surface area (Å²) in [6, 6.07) is 20.6. The molecule has 0 heterocycles. The Hall–Kier alpha value is -2.22. The Balaban J connectivity index is 2.04. The third-order valence-electron chi connectivity index (χ3n) is 2.89. The van der Waals surface area contributed by atoms with Crippen LogP contribution in [0.1, 0.15) is 5.56 Å². The Morgan fingerprint density at radius 1 is 0.778 bits per heavy atom. The van der Waals surface area contributed by atoms with E-state index in [0.29, 0.717) is 0 Å². The lowest BCUT2D eigenvalue weighted by Crippen LogP contribution is -2.31. The standard InChI is InChI=1S/C16H18N2/c1-17(14-13-15-9-5-3-6-10-15)18(2)16-11-7-4-8-12-16/h3-14H,1-2H3/b14-13+. The maximum Gasteiger partial charge on any atom is 0.0570 e. The summed E-state index contributed by atoms with van der Waals surface area (Å²) in [6.07, 6.45) is 4.15. The van der Waals surface area contributed by atoms with Gasteiger partial charge in [0.1, 0.15) is 0 Å². The van der Waals surface area contributed by atoms with Gasteiger partial charge in [0, 0.05) is 20.3 Å². The molecule has 18 heavy (non-hydrogen) atoms. The van der Waals surface area contributed by atoms with Gasteiger partial charge in [-0.1, -0.05) is 48.5 Å². The zero-order chi connectivity index (χ0) is 12.8. The van der Waals surface area contributed by atoms with Gasteiger partial charge >= 0.3 is 0 Å². The first-order valence-electron chi connectivity index (χ1n) is 6.02. The van der Waals surface area contributed by atoms with Gasteiger partial charge in [-0.25, -0.2) is 0 Å². The predicted octanol–water partition coefficient (Wildman–Crippen LogP) is 3.64. The molecule has 2 aromatic carbocycles. The Labute approximate surface area is 109 Å². The van der Waals surface area contributed by atoms with E-state index in [4.69, 9.17) is 0 Å². The van der Waals surface area contributed by atoms with Crippen LogP contribution in [-0.2, 0) is 0 Å². The lowest BCUT2D eigenvalue weighted by atomic mass is 10.2. The number of benzene rings is 2. The SMILES string of the molecule is CN(/C=C/c1ccccc1)N(C)c1ccccc1. The zero-order valence-electron chi connectivity index (χ0n) is 10.8. The molecule has 92 valence electrons. The molecule has 2 rings (SSSR count). The smallest absolute Gasteiger partial charge is 0.0570 e. The van der Waals surface area contributed by atoms with Crippen molar-refractivity contribution in [1.29, 1.82) is 0 Å². The van der Waals surface area contributed by atoms with E-state index in [0.717, 1.165) is 5.69 Å². The van der Waals surface area contributed by atoms with Gasteiger partial charge in [0.2, 0.25) is 0 Å². The molecule has 0 saturated heterocycles. The third kappa shape index (κ3) is 3.14. The van der Waals surface area contributed by atoms with Gasteiger partial charge in [0.15, 0.2) is 0 Å². The van der Waals surface area contributed by atoms with E-state index >= 15 is 0 Å². The Morgan fingerprint density at radius 3 is 1.94 bits per heavy atom. The number of hydrogen-bond donors (Lipinski definition) is 0. The highest BCUT2D eigenvalue weighted by atomic mass is 15.6. The summed E-state index contributed by atoms with van der Waals surface area (Å²) in [4.78, 5) is 0. The minimum Gasteiger partial charge on any atom is -0.296 e. The van der Waals surface area contributed by atoms with E-state index in [9.17, 15) is 0 Å². The molecule has 0 aliphatic heterocycles. The van der Waals surface area contributed by atoms with Crippen molar-refractivity contribution >= 4 is 11.8 Å². The minimum atomic E-state index is 1.16. The highest BCUT2D eigenvalue weighted by Crippen LogP contribution is 2.13. The van der Waals surface area contributed by atoms with E-state index < -0.39 is 0 Å². The number of nitrogens with zero attached hydrogens (tertiary/aromatic N) is 2. The highest BCUT2D eigenvalue weighted by Gasteiger charge is 2.01. The summed E-state index contributed by atoms with van der Waals surface area (Å²) in [5.41, 5.74) is 2.36. The number of hydrazine groups is 1. The van der Waals surface area contributed by atoms with Crippen molar-refractivity contribution in [2.75, 3.05) is 19.1 Å². The highest BCUT2D eigenvalue weighted by molar-refractivity contribution is 5.50. The van der Waals surface area contributed by atoms with Crippen LogP contribution in [0.4, 0.5) is 5.69 Å². The molecule has 0 fully saturated rings. The van der Waals surface area contributed by atoms with Gasteiger partial charge in [-0.3, -0.25) is 10.0 Å². The summed E-state index contributed by atoms with van der Waals surface area (Å²) in [5.74, 6) is 0. The quantitative estimate of drug-likeness (QED) is 0.750. The molecule has 0 saturated carbocycles. The Bertz CT molecular complexity index is 491. The van der Waals surface area contributed by atoms with Crippen LogP contribution in [0.3, 0.4) is 0 Å². The number of rotatable bonds is 4.